The van der Waals surface area contributed by atoms with E-state index in [1.54, 1.807) is 0 Å². The molecule has 0 aromatic heterocycles. The molecule has 14 heavy (non-hydrogen) atoms. The summed E-state index contributed by atoms with van der Waals surface area (Å²) in [7, 11) is 0. The zero-order chi connectivity index (χ0) is 11.0. The molecule has 0 aliphatic heterocycles. The van der Waals surface area contributed by atoms with Crippen molar-refractivity contribution in [3.05, 3.63) is 0 Å². The molecule has 1 nitrogen and oxygen atoms in total. The second-order valence-electron chi connectivity index (χ2n) is 5.10. The van der Waals surface area contributed by atoms with Crippen LogP contribution in [0.15, 0.2) is 0 Å². The fraction of sp³-hybridized carbons (Fsp3) is 1.00. The lowest BCUT2D eigenvalue weighted by atomic mass is 10.0. The summed E-state index contributed by atoms with van der Waals surface area (Å²) in [5.74, 6) is 1.63. The highest BCUT2D eigenvalue weighted by molar-refractivity contribution is 4.68. The van der Waals surface area contributed by atoms with Crippen molar-refractivity contribution in [3.8, 4) is 0 Å². The van der Waals surface area contributed by atoms with E-state index >= 15 is 0 Å². The molecule has 0 heterocycles. The Kier molecular flexibility index (Phi) is 8.26. The van der Waals surface area contributed by atoms with Crippen molar-refractivity contribution in [1.29, 1.82) is 0 Å². The van der Waals surface area contributed by atoms with Gasteiger partial charge >= 0.3 is 0 Å². The van der Waals surface area contributed by atoms with Crippen LogP contribution >= 0.6 is 0 Å². The van der Waals surface area contributed by atoms with Gasteiger partial charge in [-0.15, -0.1) is 0 Å². The van der Waals surface area contributed by atoms with Crippen LogP contribution in [0.25, 0.3) is 0 Å². The molecule has 0 radical (unpaired) electrons. The third-order valence-corrected chi connectivity index (χ3v) is 2.86. The number of unbranched alkanes of at least 4 members (excludes halogenated alkanes) is 1. The largest absolute Gasteiger partial charge is 0.314 e. The van der Waals surface area contributed by atoms with Crippen LogP contribution in [0.5, 0.6) is 0 Å². The van der Waals surface area contributed by atoms with Crippen molar-refractivity contribution in [2.75, 3.05) is 6.54 Å². The third-order valence-electron chi connectivity index (χ3n) is 2.86. The summed E-state index contributed by atoms with van der Waals surface area (Å²) in [5, 5.41) is 3.64. The molecule has 0 aromatic carbocycles. The minimum absolute atomic E-state index is 0.717. The van der Waals surface area contributed by atoms with Crippen molar-refractivity contribution in [3.63, 3.8) is 0 Å². The van der Waals surface area contributed by atoms with Crippen LogP contribution in [-0.2, 0) is 0 Å². The minimum Gasteiger partial charge on any atom is -0.314 e. The van der Waals surface area contributed by atoms with E-state index in [1.165, 1.54) is 32.2 Å². The summed E-state index contributed by atoms with van der Waals surface area (Å²) in [6.45, 7) is 12.7. The van der Waals surface area contributed by atoms with Gasteiger partial charge in [-0.2, -0.15) is 0 Å². The number of rotatable bonds is 8. The smallest absolute Gasteiger partial charge is 0.00874 e. The Morgan fingerprint density at radius 3 is 2.07 bits per heavy atom. The van der Waals surface area contributed by atoms with Gasteiger partial charge < -0.3 is 5.32 Å². The Morgan fingerprint density at radius 2 is 1.64 bits per heavy atom. The highest BCUT2D eigenvalue weighted by Crippen LogP contribution is 2.07. The quantitative estimate of drug-likeness (QED) is 0.586. The van der Waals surface area contributed by atoms with Crippen molar-refractivity contribution in [2.24, 2.45) is 11.8 Å². The van der Waals surface area contributed by atoms with Gasteiger partial charge in [0, 0.05) is 6.04 Å². The number of hydrogen-bond acceptors (Lipinski definition) is 1. The Hall–Kier alpha value is -0.0400. The van der Waals surface area contributed by atoms with E-state index in [2.05, 4.69) is 39.9 Å². The van der Waals surface area contributed by atoms with Crippen LogP contribution in [0.3, 0.4) is 0 Å². The zero-order valence-corrected chi connectivity index (χ0v) is 10.8. The van der Waals surface area contributed by atoms with E-state index in [9.17, 15) is 0 Å². The molecule has 0 aromatic rings. The maximum absolute atomic E-state index is 3.64. The van der Waals surface area contributed by atoms with Gasteiger partial charge in [-0.25, -0.2) is 0 Å². The molecule has 0 fully saturated rings. The van der Waals surface area contributed by atoms with Gasteiger partial charge in [0.1, 0.15) is 0 Å². The summed E-state index contributed by atoms with van der Waals surface area (Å²) >= 11 is 0. The molecule has 86 valence electrons. The maximum Gasteiger partial charge on any atom is 0.00874 e. The van der Waals surface area contributed by atoms with Gasteiger partial charge in [0.15, 0.2) is 0 Å². The van der Waals surface area contributed by atoms with Crippen LogP contribution in [0, 0.1) is 11.8 Å². The van der Waals surface area contributed by atoms with E-state index < -0.39 is 0 Å². The minimum atomic E-state index is 0.717. The Morgan fingerprint density at radius 1 is 1.00 bits per heavy atom. The van der Waals surface area contributed by atoms with Crippen LogP contribution in [0.4, 0.5) is 0 Å². The van der Waals surface area contributed by atoms with Gasteiger partial charge in [0.05, 0.1) is 0 Å². The molecule has 1 unspecified atom stereocenters. The summed E-state index contributed by atoms with van der Waals surface area (Å²) < 4.78 is 0. The summed E-state index contributed by atoms with van der Waals surface area (Å²) in [6.07, 6.45) is 5.34. The van der Waals surface area contributed by atoms with Crippen LogP contribution in [0.2, 0.25) is 0 Å². The highest BCUT2D eigenvalue weighted by Gasteiger charge is 2.08. The molecular formula is C13H29N. The normalized spacial score (nSPS) is 13.9. The van der Waals surface area contributed by atoms with E-state index in [0.29, 0.717) is 6.04 Å². The first kappa shape index (κ1) is 14.0. The van der Waals surface area contributed by atoms with Crippen LogP contribution in [0.1, 0.15) is 60.3 Å². The highest BCUT2D eigenvalue weighted by atomic mass is 14.9. The average molecular weight is 199 g/mol. The molecule has 1 N–H and O–H groups in total. The second-order valence-corrected chi connectivity index (χ2v) is 5.10. The average Bonchev–Trinajstić information content (AvgIpc) is 2.10. The lowest BCUT2D eigenvalue weighted by Crippen LogP contribution is -2.33. The lowest BCUT2D eigenvalue weighted by Gasteiger charge is -2.20. The Labute approximate surface area is 90.7 Å². The fourth-order valence-corrected chi connectivity index (χ4v) is 1.82. The fourth-order valence-electron chi connectivity index (χ4n) is 1.82. The molecule has 0 saturated heterocycles. The van der Waals surface area contributed by atoms with Gasteiger partial charge in [-0.05, 0) is 31.2 Å². The number of hydrogen-bond donors (Lipinski definition) is 1. The molecule has 0 bridgehead atoms. The molecule has 0 spiro atoms. The summed E-state index contributed by atoms with van der Waals surface area (Å²) in [6, 6.07) is 0.717. The SMILES string of the molecule is CCC(NCCCCC(C)C)C(C)C. The summed E-state index contributed by atoms with van der Waals surface area (Å²) in [4.78, 5) is 0. The molecule has 0 aliphatic carbocycles. The lowest BCUT2D eigenvalue weighted by molar-refractivity contribution is 0.381. The van der Waals surface area contributed by atoms with Crippen LogP contribution < -0.4 is 5.32 Å². The Bertz CT molecular complexity index is 118. The first-order valence-electron chi connectivity index (χ1n) is 6.31. The van der Waals surface area contributed by atoms with Crippen molar-refractivity contribution < 1.29 is 0 Å². The van der Waals surface area contributed by atoms with Crippen molar-refractivity contribution in [1.82, 2.24) is 5.32 Å². The second kappa shape index (κ2) is 8.28. The van der Waals surface area contributed by atoms with Crippen molar-refractivity contribution in [2.45, 2.75) is 66.3 Å². The van der Waals surface area contributed by atoms with E-state index in [1.807, 2.05) is 0 Å². The predicted octanol–water partition coefficient (Wildman–Crippen LogP) is 3.84. The topological polar surface area (TPSA) is 12.0 Å². The molecule has 1 atom stereocenters. The monoisotopic (exact) mass is 199 g/mol. The zero-order valence-electron chi connectivity index (χ0n) is 10.8. The van der Waals surface area contributed by atoms with Gasteiger partial charge in [0.2, 0.25) is 0 Å². The number of nitrogens with one attached hydrogen (secondary N) is 1. The van der Waals surface area contributed by atoms with Crippen molar-refractivity contribution >= 4 is 0 Å². The molecule has 0 rings (SSSR count). The van der Waals surface area contributed by atoms with Gasteiger partial charge in [0.25, 0.3) is 0 Å². The predicted molar refractivity (Wildman–Crippen MR) is 65.6 cm³/mol. The standard InChI is InChI=1S/C13H29N/c1-6-13(12(4)5)14-10-8-7-9-11(2)3/h11-14H,6-10H2,1-5H3. The summed E-state index contributed by atoms with van der Waals surface area (Å²) in [5.41, 5.74) is 0. The molecular weight excluding hydrogens is 170 g/mol. The first-order chi connectivity index (χ1) is 6.57. The molecule has 0 saturated carbocycles. The van der Waals surface area contributed by atoms with E-state index in [-0.39, 0.29) is 0 Å². The van der Waals surface area contributed by atoms with Gasteiger partial charge in [-0.1, -0.05) is 47.5 Å². The maximum atomic E-state index is 3.64. The molecule has 1 heteroatoms. The van der Waals surface area contributed by atoms with E-state index in [4.69, 9.17) is 0 Å². The molecule has 0 amide bonds. The van der Waals surface area contributed by atoms with Gasteiger partial charge in [-0.3, -0.25) is 0 Å². The Balaban J connectivity index is 3.33. The third kappa shape index (κ3) is 7.37. The first-order valence-corrected chi connectivity index (χ1v) is 6.31. The molecule has 0 aliphatic rings. The van der Waals surface area contributed by atoms with Crippen LogP contribution in [-0.4, -0.2) is 12.6 Å². The van der Waals surface area contributed by atoms with E-state index in [0.717, 1.165) is 11.8 Å².